The number of nitrogens with zero attached hydrogens (tertiary/aromatic N) is 1. The highest BCUT2D eigenvalue weighted by atomic mass is 16.4. The lowest BCUT2D eigenvalue weighted by atomic mass is 9.86. The third kappa shape index (κ3) is 3.63. The first-order valence-corrected chi connectivity index (χ1v) is 7.96. The molecule has 2 aliphatic rings. The number of carboxylic acids is 1. The van der Waals surface area contributed by atoms with Gasteiger partial charge in [-0.05, 0) is 24.8 Å². The monoisotopic (exact) mass is 288 g/mol. The van der Waals surface area contributed by atoms with E-state index >= 15 is 0 Å². The van der Waals surface area contributed by atoms with E-state index in [4.69, 9.17) is 0 Å². The summed E-state index contributed by atoms with van der Waals surface area (Å²) >= 11 is 0. The van der Waals surface area contributed by atoms with Crippen LogP contribution in [0.2, 0.25) is 0 Å². The number of hydrogen-bond donors (Lipinski definition) is 2. The molecule has 1 saturated heterocycles. The molecule has 0 radical (unpaired) electrons. The van der Waals surface area contributed by atoms with Crippen molar-refractivity contribution in [3.8, 4) is 0 Å². The molecule has 4 heteroatoms. The van der Waals surface area contributed by atoms with Gasteiger partial charge in [0, 0.05) is 31.7 Å². The minimum atomic E-state index is -0.648. The normalized spacial score (nSPS) is 27.2. The van der Waals surface area contributed by atoms with Gasteiger partial charge < -0.3 is 10.4 Å². The van der Waals surface area contributed by atoms with Gasteiger partial charge in [0.1, 0.15) is 0 Å². The zero-order chi connectivity index (χ0) is 14.7. The van der Waals surface area contributed by atoms with Crippen LogP contribution >= 0.6 is 0 Å². The van der Waals surface area contributed by atoms with E-state index in [9.17, 15) is 9.90 Å². The molecule has 1 saturated carbocycles. The summed E-state index contributed by atoms with van der Waals surface area (Å²) in [6.45, 7) is 2.53. The van der Waals surface area contributed by atoms with Crippen molar-refractivity contribution in [1.29, 1.82) is 0 Å². The van der Waals surface area contributed by atoms with Gasteiger partial charge in [-0.2, -0.15) is 0 Å². The number of benzene rings is 1. The number of hydrogen-bond acceptors (Lipinski definition) is 3. The van der Waals surface area contributed by atoms with E-state index in [-0.39, 0.29) is 12.0 Å². The maximum Gasteiger partial charge on any atom is 0.307 e. The van der Waals surface area contributed by atoms with Gasteiger partial charge in [-0.3, -0.25) is 9.69 Å². The van der Waals surface area contributed by atoms with Crippen LogP contribution in [-0.4, -0.2) is 41.1 Å². The first-order valence-electron chi connectivity index (χ1n) is 7.96. The van der Waals surface area contributed by atoms with Crippen molar-refractivity contribution in [3.63, 3.8) is 0 Å². The zero-order valence-electron chi connectivity index (χ0n) is 12.4. The Balaban J connectivity index is 1.58. The first kappa shape index (κ1) is 14.5. The second kappa shape index (κ2) is 6.58. The summed E-state index contributed by atoms with van der Waals surface area (Å²) in [6.07, 6.45) is 4.50. The molecule has 0 spiro atoms. The van der Waals surface area contributed by atoms with Gasteiger partial charge in [-0.15, -0.1) is 0 Å². The Morgan fingerprint density at radius 1 is 1.24 bits per heavy atom. The van der Waals surface area contributed by atoms with E-state index < -0.39 is 5.97 Å². The van der Waals surface area contributed by atoms with Crippen LogP contribution in [0.1, 0.15) is 31.2 Å². The van der Waals surface area contributed by atoms with E-state index in [1.807, 2.05) is 18.2 Å². The minimum absolute atomic E-state index is 0.229. The molecule has 0 amide bonds. The molecule has 3 rings (SSSR count). The Bertz CT molecular complexity index is 473. The third-order valence-electron chi connectivity index (χ3n) is 4.86. The van der Waals surface area contributed by atoms with Gasteiger partial charge in [0.05, 0.1) is 5.92 Å². The summed E-state index contributed by atoms with van der Waals surface area (Å²) in [5, 5.41) is 12.9. The molecule has 0 aromatic heterocycles. The predicted octanol–water partition coefficient (Wildman–Crippen LogP) is 2.10. The quantitative estimate of drug-likeness (QED) is 0.871. The number of rotatable bonds is 5. The fraction of sp³-hybridized carbons (Fsp3) is 0.588. The zero-order valence-corrected chi connectivity index (χ0v) is 12.4. The Hall–Kier alpha value is -1.39. The summed E-state index contributed by atoms with van der Waals surface area (Å²) in [6, 6.07) is 11.2. The summed E-state index contributed by atoms with van der Waals surface area (Å²) in [7, 11) is 0. The summed E-state index contributed by atoms with van der Waals surface area (Å²) in [5.41, 5.74) is 1.25. The summed E-state index contributed by atoms with van der Waals surface area (Å²) in [5.74, 6) is -0.877. The molecule has 1 aromatic carbocycles. The molecule has 4 nitrogen and oxygen atoms in total. The Kier molecular flexibility index (Phi) is 4.56. The lowest BCUT2D eigenvalue weighted by Gasteiger charge is -2.44. The Morgan fingerprint density at radius 2 is 2.00 bits per heavy atom. The fourth-order valence-electron chi connectivity index (χ4n) is 3.37. The molecular formula is C17H24N2O2. The van der Waals surface area contributed by atoms with E-state index in [1.54, 1.807) is 0 Å². The highest BCUT2D eigenvalue weighted by Gasteiger charge is 2.36. The number of likely N-dealkylation sites (tertiary alicyclic amines) is 1. The molecule has 2 N–H and O–H groups in total. The van der Waals surface area contributed by atoms with Gasteiger partial charge in [-0.1, -0.05) is 36.8 Å². The summed E-state index contributed by atoms with van der Waals surface area (Å²) < 4.78 is 0. The van der Waals surface area contributed by atoms with Gasteiger partial charge in [0.2, 0.25) is 0 Å². The molecule has 2 unspecified atom stereocenters. The number of piperidine rings is 1. The van der Waals surface area contributed by atoms with Crippen LogP contribution in [0.5, 0.6) is 0 Å². The highest BCUT2D eigenvalue weighted by Crippen LogP contribution is 2.29. The van der Waals surface area contributed by atoms with Crippen molar-refractivity contribution in [2.75, 3.05) is 13.1 Å². The maximum absolute atomic E-state index is 11.4. The van der Waals surface area contributed by atoms with E-state index in [1.165, 1.54) is 24.8 Å². The van der Waals surface area contributed by atoms with Crippen LogP contribution in [0.15, 0.2) is 30.3 Å². The molecule has 21 heavy (non-hydrogen) atoms. The third-order valence-corrected chi connectivity index (χ3v) is 4.86. The topological polar surface area (TPSA) is 52.6 Å². The van der Waals surface area contributed by atoms with Crippen LogP contribution in [0.25, 0.3) is 0 Å². The SMILES string of the molecule is O=C(O)C1CC(NCc2ccccc2)CN(C2CCC2)C1. The average molecular weight is 288 g/mol. The van der Waals surface area contributed by atoms with Crippen molar-refractivity contribution in [3.05, 3.63) is 35.9 Å². The van der Waals surface area contributed by atoms with Crippen LogP contribution in [0.3, 0.4) is 0 Å². The largest absolute Gasteiger partial charge is 0.481 e. The molecule has 1 heterocycles. The average Bonchev–Trinajstić information content (AvgIpc) is 2.44. The first-order chi connectivity index (χ1) is 10.2. The van der Waals surface area contributed by atoms with Crippen LogP contribution in [0, 0.1) is 5.92 Å². The van der Waals surface area contributed by atoms with Crippen molar-refractivity contribution in [2.45, 2.75) is 44.3 Å². The molecule has 1 aliphatic carbocycles. The van der Waals surface area contributed by atoms with Crippen molar-refractivity contribution in [1.82, 2.24) is 10.2 Å². The molecule has 2 atom stereocenters. The molecular weight excluding hydrogens is 264 g/mol. The summed E-state index contributed by atoms with van der Waals surface area (Å²) in [4.78, 5) is 13.8. The van der Waals surface area contributed by atoms with Crippen molar-refractivity contribution < 1.29 is 9.90 Å². The maximum atomic E-state index is 11.4. The van der Waals surface area contributed by atoms with Crippen LogP contribution in [-0.2, 0) is 11.3 Å². The fourth-order valence-corrected chi connectivity index (χ4v) is 3.37. The highest BCUT2D eigenvalue weighted by molar-refractivity contribution is 5.70. The lowest BCUT2D eigenvalue weighted by molar-refractivity contribution is -0.144. The number of nitrogens with one attached hydrogen (secondary N) is 1. The molecule has 1 aromatic rings. The van der Waals surface area contributed by atoms with Crippen LogP contribution < -0.4 is 5.32 Å². The second-order valence-corrected chi connectivity index (χ2v) is 6.37. The van der Waals surface area contributed by atoms with E-state index in [0.717, 1.165) is 26.1 Å². The van der Waals surface area contributed by atoms with Gasteiger partial charge in [0.15, 0.2) is 0 Å². The Labute approximate surface area is 126 Å². The lowest BCUT2D eigenvalue weighted by Crippen LogP contribution is -2.55. The van der Waals surface area contributed by atoms with Gasteiger partial charge in [-0.25, -0.2) is 0 Å². The van der Waals surface area contributed by atoms with Crippen molar-refractivity contribution >= 4 is 5.97 Å². The van der Waals surface area contributed by atoms with E-state index in [2.05, 4.69) is 22.3 Å². The number of aliphatic carboxylic acids is 1. The van der Waals surface area contributed by atoms with Crippen LogP contribution in [0.4, 0.5) is 0 Å². The Morgan fingerprint density at radius 3 is 2.62 bits per heavy atom. The smallest absolute Gasteiger partial charge is 0.307 e. The predicted molar refractivity (Wildman–Crippen MR) is 82.0 cm³/mol. The van der Waals surface area contributed by atoms with E-state index in [0.29, 0.717) is 6.04 Å². The molecule has 1 aliphatic heterocycles. The minimum Gasteiger partial charge on any atom is -0.481 e. The number of carboxylic acid groups (broad SMARTS) is 1. The van der Waals surface area contributed by atoms with Gasteiger partial charge >= 0.3 is 5.97 Å². The van der Waals surface area contributed by atoms with Crippen molar-refractivity contribution in [2.24, 2.45) is 5.92 Å². The number of carbonyl (C=O) groups is 1. The molecule has 2 fully saturated rings. The molecule has 114 valence electrons. The second-order valence-electron chi connectivity index (χ2n) is 6.37. The van der Waals surface area contributed by atoms with Gasteiger partial charge in [0.25, 0.3) is 0 Å². The molecule has 0 bridgehead atoms. The standard InChI is InChI=1S/C17H24N2O2/c20-17(21)14-9-15(12-19(11-14)16-7-4-8-16)18-10-13-5-2-1-3-6-13/h1-3,5-6,14-16,18H,4,7-12H2,(H,20,21).